The molecule has 1 amide bonds. The van der Waals surface area contributed by atoms with Gasteiger partial charge in [-0.1, -0.05) is 17.7 Å². The Morgan fingerprint density at radius 3 is 2.27 bits per heavy atom. The van der Waals surface area contributed by atoms with Crippen LogP contribution in [-0.4, -0.2) is 20.9 Å². The van der Waals surface area contributed by atoms with Crippen molar-refractivity contribution in [2.24, 2.45) is 0 Å². The molecule has 3 aromatic carbocycles. The minimum Gasteiger partial charge on any atom is -0.322 e. The van der Waals surface area contributed by atoms with E-state index in [1.54, 1.807) is 42.5 Å². The summed E-state index contributed by atoms with van der Waals surface area (Å²) in [7, 11) is -3.73. The predicted molar refractivity (Wildman–Crippen MR) is 120 cm³/mol. The van der Waals surface area contributed by atoms with E-state index in [0.29, 0.717) is 30.8 Å². The van der Waals surface area contributed by atoms with Gasteiger partial charge < -0.3 is 5.32 Å². The molecule has 4 rings (SSSR count). The molecule has 0 aliphatic carbocycles. The first kappa shape index (κ1) is 22.8. The van der Waals surface area contributed by atoms with Crippen molar-refractivity contribution in [3.8, 4) is 0 Å². The number of nitrogens with one attached hydrogen (secondary N) is 1. The number of sulfonamides is 1. The van der Waals surface area contributed by atoms with Crippen LogP contribution in [0.3, 0.4) is 0 Å². The quantitative estimate of drug-likeness (QED) is 0.550. The minimum absolute atomic E-state index is 0.0873. The summed E-state index contributed by atoms with van der Waals surface area (Å²) in [4.78, 5) is 12.7. The van der Waals surface area contributed by atoms with Gasteiger partial charge in [-0.3, -0.25) is 9.10 Å². The lowest BCUT2D eigenvalue weighted by atomic mass is 10.0. The van der Waals surface area contributed by atoms with Crippen LogP contribution in [-0.2, 0) is 22.6 Å². The van der Waals surface area contributed by atoms with E-state index in [1.807, 2.05) is 6.92 Å². The third kappa shape index (κ3) is 4.73. The summed E-state index contributed by atoms with van der Waals surface area (Å²) in [5, 5.41) is 2.67. The Hall–Kier alpha value is -3.33. The van der Waals surface area contributed by atoms with E-state index >= 15 is 0 Å². The number of nitrogens with zero attached hydrogens (tertiary/aromatic N) is 1. The number of anilines is 2. The third-order valence-electron chi connectivity index (χ3n) is 5.50. The smallest absolute Gasteiger partial charge is 0.322 e. The number of carbonyl (C=O) groups excluding carboxylic acids is 1. The zero-order chi connectivity index (χ0) is 23.8. The van der Waals surface area contributed by atoms with Gasteiger partial charge in [0, 0.05) is 17.8 Å². The van der Waals surface area contributed by atoms with Crippen molar-refractivity contribution in [1.29, 1.82) is 0 Å². The molecule has 33 heavy (non-hydrogen) atoms. The van der Waals surface area contributed by atoms with Crippen molar-refractivity contribution in [3.05, 3.63) is 89.0 Å². The van der Waals surface area contributed by atoms with E-state index in [4.69, 9.17) is 0 Å². The first-order chi connectivity index (χ1) is 15.6. The summed E-state index contributed by atoms with van der Waals surface area (Å²) in [6, 6.07) is 15.5. The van der Waals surface area contributed by atoms with Crippen LogP contribution in [0.25, 0.3) is 0 Å². The molecule has 0 bridgehead atoms. The third-order valence-corrected chi connectivity index (χ3v) is 7.32. The second kappa shape index (κ2) is 8.55. The lowest BCUT2D eigenvalue weighted by Crippen LogP contribution is -2.35. The molecule has 0 radical (unpaired) electrons. The van der Waals surface area contributed by atoms with Gasteiger partial charge in [-0.2, -0.15) is 13.2 Å². The molecule has 0 spiro atoms. The highest BCUT2D eigenvalue weighted by Gasteiger charge is 2.31. The van der Waals surface area contributed by atoms with Crippen molar-refractivity contribution in [1.82, 2.24) is 0 Å². The molecule has 0 saturated heterocycles. The number of halogens is 3. The zero-order valence-electron chi connectivity index (χ0n) is 17.7. The lowest BCUT2D eigenvalue weighted by Gasteiger charge is -2.31. The molecule has 3 aromatic rings. The molecule has 1 heterocycles. The van der Waals surface area contributed by atoms with E-state index in [9.17, 15) is 26.4 Å². The SMILES string of the molecule is Cc1ccc(S(=O)(=O)N2CCCc3cc(NC(=O)c4ccc(C(F)(F)F)cc4)ccc32)cc1. The van der Waals surface area contributed by atoms with Gasteiger partial charge >= 0.3 is 6.18 Å². The highest BCUT2D eigenvalue weighted by atomic mass is 32.2. The van der Waals surface area contributed by atoms with E-state index in [1.165, 1.54) is 4.31 Å². The average molecular weight is 475 g/mol. The topological polar surface area (TPSA) is 66.5 Å². The van der Waals surface area contributed by atoms with Crippen LogP contribution in [0.1, 0.15) is 33.5 Å². The standard InChI is InChI=1S/C24H21F3N2O3S/c1-16-4-11-21(12-5-16)33(31,32)29-14-2-3-18-15-20(10-13-22(18)29)28-23(30)17-6-8-19(9-7-17)24(25,26)27/h4-13,15H,2-3,14H2,1H3,(H,28,30). The maximum absolute atomic E-state index is 13.2. The summed E-state index contributed by atoms with van der Waals surface area (Å²) in [6.45, 7) is 2.23. The highest BCUT2D eigenvalue weighted by molar-refractivity contribution is 7.92. The van der Waals surface area contributed by atoms with Gasteiger partial charge in [0.25, 0.3) is 15.9 Å². The number of amides is 1. The predicted octanol–water partition coefficient (Wildman–Crippen LogP) is 5.41. The Bertz CT molecular complexity index is 1290. The van der Waals surface area contributed by atoms with Gasteiger partial charge in [0.05, 0.1) is 16.1 Å². The largest absolute Gasteiger partial charge is 0.416 e. The molecular weight excluding hydrogens is 453 g/mol. The maximum Gasteiger partial charge on any atom is 0.416 e. The minimum atomic E-state index is -4.47. The number of carbonyl (C=O) groups is 1. The molecule has 1 N–H and O–H groups in total. The fourth-order valence-electron chi connectivity index (χ4n) is 3.74. The molecular formula is C24H21F3N2O3S. The van der Waals surface area contributed by atoms with E-state index in [2.05, 4.69) is 5.32 Å². The second-order valence-electron chi connectivity index (χ2n) is 7.87. The lowest BCUT2D eigenvalue weighted by molar-refractivity contribution is -0.137. The first-order valence-electron chi connectivity index (χ1n) is 10.3. The van der Waals surface area contributed by atoms with E-state index < -0.39 is 27.7 Å². The number of hydrogen-bond donors (Lipinski definition) is 1. The molecule has 0 saturated carbocycles. The summed E-state index contributed by atoms with van der Waals surface area (Å²) in [5.74, 6) is -0.552. The summed E-state index contributed by atoms with van der Waals surface area (Å²) in [5.41, 5.74) is 1.97. The first-order valence-corrected chi connectivity index (χ1v) is 11.7. The van der Waals surface area contributed by atoms with Crippen LogP contribution in [0.4, 0.5) is 24.5 Å². The fraction of sp³-hybridized carbons (Fsp3) is 0.208. The van der Waals surface area contributed by atoms with Gasteiger partial charge in [0.15, 0.2) is 0 Å². The van der Waals surface area contributed by atoms with Crippen LogP contribution < -0.4 is 9.62 Å². The van der Waals surface area contributed by atoms with Gasteiger partial charge in [-0.25, -0.2) is 8.42 Å². The van der Waals surface area contributed by atoms with Gasteiger partial charge in [0.2, 0.25) is 0 Å². The molecule has 9 heteroatoms. The average Bonchev–Trinajstić information content (AvgIpc) is 2.78. The number of fused-ring (bicyclic) bond motifs is 1. The highest BCUT2D eigenvalue weighted by Crippen LogP contribution is 2.34. The van der Waals surface area contributed by atoms with Crippen LogP contribution in [0, 0.1) is 6.92 Å². The second-order valence-corrected chi connectivity index (χ2v) is 9.73. The van der Waals surface area contributed by atoms with E-state index in [0.717, 1.165) is 35.4 Å². The Labute approximate surface area is 189 Å². The van der Waals surface area contributed by atoms with Gasteiger partial charge in [-0.05, 0) is 79.9 Å². The number of benzene rings is 3. The molecule has 0 aromatic heterocycles. The Balaban J connectivity index is 1.56. The number of rotatable bonds is 4. The molecule has 0 atom stereocenters. The molecule has 5 nitrogen and oxygen atoms in total. The van der Waals surface area contributed by atoms with Crippen molar-refractivity contribution in [2.75, 3.05) is 16.2 Å². The van der Waals surface area contributed by atoms with Crippen molar-refractivity contribution >= 4 is 27.3 Å². The van der Waals surface area contributed by atoms with Crippen LogP contribution in [0.15, 0.2) is 71.6 Å². The molecule has 172 valence electrons. The summed E-state index contributed by atoms with van der Waals surface area (Å²) < 4.78 is 65.9. The molecule has 0 fully saturated rings. The monoisotopic (exact) mass is 474 g/mol. The van der Waals surface area contributed by atoms with E-state index in [-0.39, 0.29) is 10.5 Å². The number of alkyl halides is 3. The zero-order valence-corrected chi connectivity index (χ0v) is 18.5. The van der Waals surface area contributed by atoms with Crippen molar-refractivity contribution in [2.45, 2.75) is 30.8 Å². The fourth-order valence-corrected chi connectivity index (χ4v) is 5.28. The number of aryl methyl sites for hydroxylation is 2. The van der Waals surface area contributed by atoms with Crippen LogP contribution in [0.5, 0.6) is 0 Å². The molecule has 0 unspecified atom stereocenters. The van der Waals surface area contributed by atoms with Crippen LogP contribution in [0.2, 0.25) is 0 Å². The normalized spacial score (nSPS) is 14.0. The molecule has 1 aliphatic rings. The Morgan fingerprint density at radius 2 is 1.64 bits per heavy atom. The number of hydrogen-bond acceptors (Lipinski definition) is 3. The maximum atomic E-state index is 13.2. The Kier molecular flexibility index (Phi) is 5.92. The Morgan fingerprint density at radius 1 is 0.970 bits per heavy atom. The molecule has 1 aliphatic heterocycles. The van der Waals surface area contributed by atoms with Gasteiger partial charge in [0.1, 0.15) is 0 Å². The summed E-state index contributed by atoms with van der Waals surface area (Å²) >= 11 is 0. The van der Waals surface area contributed by atoms with Crippen molar-refractivity contribution in [3.63, 3.8) is 0 Å². The van der Waals surface area contributed by atoms with Gasteiger partial charge in [-0.15, -0.1) is 0 Å². The van der Waals surface area contributed by atoms with Crippen LogP contribution >= 0.6 is 0 Å². The summed E-state index contributed by atoms with van der Waals surface area (Å²) in [6.07, 6.45) is -3.22. The van der Waals surface area contributed by atoms with Crippen molar-refractivity contribution < 1.29 is 26.4 Å².